The summed E-state index contributed by atoms with van der Waals surface area (Å²) >= 11 is 0. The van der Waals surface area contributed by atoms with Gasteiger partial charge >= 0.3 is 0 Å². The summed E-state index contributed by atoms with van der Waals surface area (Å²) in [6.07, 6.45) is 5.02. The summed E-state index contributed by atoms with van der Waals surface area (Å²) in [6.45, 7) is 9.41. The Bertz CT molecular complexity index is 288. The molecular weight excluding hydrogens is 174 g/mol. The Balaban J connectivity index is 2.91. The Morgan fingerprint density at radius 3 is 2.64 bits per heavy atom. The Hall–Kier alpha value is -0.830. The molecule has 14 heavy (non-hydrogen) atoms. The molecule has 0 radical (unpaired) electrons. The minimum absolute atomic E-state index is 0.262. The first-order valence-corrected chi connectivity index (χ1v) is 5.34. The predicted molar refractivity (Wildman–Crippen MR) is 58.9 cm³/mol. The van der Waals surface area contributed by atoms with E-state index in [0.29, 0.717) is 5.92 Å². The largest absolute Gasteiger partial charge is 0.321 e. The number of hydrogen-bond donors (Lipinski definition) is 1. The normalized spacial score (nSPS) is 17.8. The fraction of sp³-hybridized carbons (Fsp3) is 0.727. The van der Waals surface area contributed by atoms with Crippen LogP contribution in [-0.2, 0) is 12.1 Å². The number of nitrogens with zero attached hydrogens (tertiary/aromatic N) is 2. The Morgan fingerprint density at radius 1 is 1.57 bits per heavy atom. The fourth-order valence-corrected chi connectivity index (χ4v) is 1.52. The van der Waals surface area contributed by atoms with Gasteiger partial charge in [-0.05, 0) is 19.8 Å². The minimum Gasteiger partial charge on any atom is -0.321 e. The third-order valence-corrected chi connectivity index (χ3v) is 3.22. The first kappa shape index (κ1) is 11.2. The summed E-state index contributed by atoms with van der Waals surface area (Å²) in [5.41, 5.74) is 7.18. The first-order valence-electron chi connectivity index (χ1n) is 5.34. The maximum atomic E-state index is 6.31. The van der Waals surface area contributed by atoms with E-state index in [4.69, 9.17) is 5.73 Å². The lowest BCUT2D eigenvalue weighted by Gasteiger charge is -2.29. The van der Waals surface area contributed by atoms with Crippen molar-refractivity contribution >= 4 is 0 Å². The van der Waals surface area contributed by atoms with Gasteiger partial charge in [0.25, 0.3) is 0 Å². The molecule has 2 atom stereocenters. The van der Waals surface area contributed by atoms with Gasteiger partial charge < -0.3 is 5.73 Å². The van der Waals surface area contributed by atoms with Crippen LogP contribution in [0.5, 0.6) is 0 Å². The van der Waals surface area contributed by atoms with Crippen LogP contribution >= 0.6 is 0 Å². The number of nitrogens with two attached hydrogens (primary N) is 1. The van der Waals surface area contributed by atoms with Gasteiger partial charge in [-0.15, -0.1) is 0 Å². The van der Waals surface area contributed by atoms with Crippen LogP contribution in [0.2, 0.25) is 0 Å². The van der Waals surface area contributed by atoms with Crippen LogP contribution in [-0.4, -0.2) is 9.78 Å². The standard InChI is InChI=1S/C11H21N3/c1-5-9(3)11(4,12)10-7-13-14(6-2)8-10/h7-9H,5-6,12H2,1-4H3. The number of rotatable bonds is 4. The highest BCUT2D eigenvalue weighted by Crippen LogP contribution is 2.28. The molecule has 1 rings (SSSR count). The zero-order valence-corrected chi connectivity index (χ0v) is 9.62. The second-order valence-electron chi connectivity index (χ2n) is 4.18. The quantitative estimate of drug-likeness (QED) is 0.799. The molecular formula is C11H21N3. The van der Waals surface area contributed by atoms with Gasteiger partial charge in [-0.1, -0.05) is 20.3 Å². The Kier molecular flexibility index (Phi) is 3.32. The molecule has 3 nitrogen and oxygen atoms in total. The highest BCUT2D eigenvalue weighted by Gasteiger charge is 2.28. The molecule has 1 aromatic heterocycles. The van der Waals surface area contributed by atoms with Crippen LogP contribution in [0.15, 0.2) is 12.4 Å². The van der Waals surface area contributed by atoms with E-state index in [2.05, 4.69) is 32.8 Å². The number of hydrogen-bond acceptors (Lipinski definition) is 2. The van der Waals surface area contributed by atoms with E-state index < -0.39 is 0 Å². The van der Waals surface area contributed by atoms with Crippen LogP contribution in [0.3, 0.4) is 0 Å². The van der Waals surface area contributed by atoms with Crippen molar-refractivity contribution in [3.8, 4) is 0 Å². The third kappa shape index (κ3) is 1.98. The molecule has 0 bridgehead atoms. The number of aryl methyl sites for hydroxylation is 1. The average Bonchev–Trinajstić information content (AvgIpc) is 2.65. The molecule has 0 saturated carbocycles. The molecule has 0 aliphatic heterocycles. The lowest BCUT2D eigenvalue weighted by atomic mass is 9.82. The third-order valence-electron chi connectivity index (χ3n) is 3.22. The molecule has 1 heterocycles. The molecule has 0 saturated heterocycles. The minimum atomic E-state index is -0.262. The van der Waals surface area contributed by atoms with E-state index in [0.717, 1.165) is 18.5 Å². The number of aromatic nitrogens is 2. The zero-order valence-electron chi connectivity index (χ0n) is 9.62. The van der Waals surface area contributed by atoms with Gasteiger partial charge in [-0.3, -0.25) is 4.68 Å². The van der Waals surface area contributed by atoms with Crippen LogP contribution in [0, 0.1) is 5.92 Å². The van der Waals surface area contributed by atoms with Gasteiger partial charge in [-0.25, -0.2) is 0 Å². The summed E-state index contributed by atoms with van der Waals surface area (Å²) in [6, 6.07) is 0. The van der Waals surface area contributed by atoms with Crippen molar-refractivity contribution in [2.45, 2.75) is 46.2 Å². The molecule has 0 spiro atoms. The topological polar surface area (TPSA) is 43.8 Å². The van der Waals surface area contributed by atoms with E-state index in [1.165, 1.54) is 0 Å². The monoisotopic (exact) mass is 195 g/mol. The highest BCUT2D eigenvalue weighted by molar-refractivity contribution is 5.17. The summed E-state index contributed by atoms with van der Waals surface area (Å²) in [7, 11) is 0. The summed E-state index contributed by atoms with van der Waals surface area (Å²) in [4.78, 5) is 0. The molecule has 80 valence electrons. The van der Waals surface area contributed by atoms with Crippen molar-refractivity contribution in [3.05, 3.63) is 18.0 Å². The van der Waals surface area contributed by atoms with Crippen molar-refractivity contribution in [1.82, 2.24) is 9.78 Å². The summed E-state index contributed by atoms with van der Waals surface area (Å²) in [5.74, 6) is 0.469. The van der Waals surface area contributed by atoms with E-state index in [1.54, 1.807) is 0 Å². The SMILES string of the molecule is CCC(C)C(C)(N)c1cnn(CC)c1. The average molecular weight is 195 g/mol. The van der Waals surface area contributed by atoms with Gasteiger partial charge in [0.2, 0.25) is 0 Å². The lowest BCUT2D eigenvalue weighted by molar-refractivity contribution is 0.316. The van der Waals surface area contributed by atoms with Crippen molar-refractivity contribution in [2.75, 3.05) is 0 Å². The van der Waals surface area contributed by atoms with Crippen molar-refractivity contribution < 1.29 is 0 Å². The van der Waals surface area contributed by atoms with Crippen LogP contribution in [0.1, 0.15) is 39.7 Å². The van der Waals surface area contributed by atoms with E-state index in [9.17, 15) is 0 Å². The molecule has 0 aliphatic carbocycles. The van der Waals surface area contributed by atoms with Crippen molar-refractivity contribution in [1.29, 1.82) is 0 Å². The van der Waals surface area contributed by atoms with E-state index >= 15 is 0 Å². The van der Waals surface area contributed by atoms with Crippen molar-refractivity contribution in [2.24, 2.45) is 11.7 Å². The Labute approximate surface area is 86.3 Å². The van der Waals surface area contributed by atoms with Crippen molar-refractivity contribution in [3.63, 3.8) is 0 Å². The van der Waals surface area contributed by atoms with Gasteiger partial charge in [0, 0.05) is 23.8 Å². The van der Waals surface area contributed by atoms with Crippen LogP contribution in [0.4, 0.5) is 0 Å². The van der Waals surface area contributed by atoms with Crippen LogP contribution < -0.4 is 5.73 Å². The molecule has 3 heteroatoms. The molecule has 0 amide bonds. The molecule has 0 aromatic carbocycles. The molecule has 0 aliphatic rings. The molecule has 2 N–H and O–H groups in total. The van der Waals surface area contributed by atoms with E-state index in [-0.39, 0.29) is 5.54 Å². The first-order chi connectivity index (χ1) is 6.52. The lowest BCUT2D eigenvalue weighted by Crippen LogP contribution is -2.39. The fourth-order valence-electron chi connectivity index (χ4n) is 1.52. The van der Waals surface area contributed by atoms with E-state index in [1.807, 2.05) is 17.1 Å². The summed E-state index contributed by atoms with van der Waals surface area (Å²) in [5, 5.41) is 4.25. The predicted octanol–water partition coefficient (Wildman–Crippen LogP) is 2.12. The highest BCUT2D eigenvalue weighted by atomic mass is 15.3. The zero-order chi connectivity index (χ0) is 10.8. The van der Waals surface area contributed by atoms with Gasteiger partial charge in [0.1, 0.15) is 0 Å². The molecule has 1 aromatic rings. The maximum Gasteiger partial charge on any atom is 0.0540 e. The second-order valence-corrected chi connectivity index (χ2v) is 4.18. The Morgan fingerprint density at radius 2 is 2.21 bits per heavy atom. The summed E-state index contributed by atoms with van der Waals surface area (Å²) < 4.78 is 1.92. The van der Waals surface area contributed by atoms with Gasteiger partial charge in [0.15, 0.2) is 0 Å². The molecule has 2 unspecified atom stereocenters. The second kappa shape index (κ2) is 4.13. The molecule has 0 fully saturated rings. The van der Waals surface area contributed by atoms with Crippen LogP contribution in [0.25, 0.3) is 0 Å². The maximum absolute atomic E-state index is 6.31. The smallest absolute Gasteiger partial charge is 0.0540 e. The van der Waals surface area contributed by atoms with Gasteiger partial charge in [-0.2, -0.15) is 5.10 Å². The van der Waals surface area contributed by atoms with Gasteiger partial charge in [0.05, 0.1) is 6.20 Å².